The highest BCUT2D eigenvalue weighted by molar-refractivity contribution is 5.78. The van der Waals surface area contributed by atoms with Crippen LogP contribution in [0.15, 0.2) is 24.3 Å². The fraction of sp³-hybridized carbons (Fsp3) is 0.429. The van der Waals surface area contributed by atoms with Crippen LogP contribution in [-0.2, 0) is 9.53 Å². The molecule has 0 radical (unpaired) electrons. The normalized spacial score (nSPS) is 11.6. The number of hydrogen-bond acceptors (Lipinski definition) is 4. The van der Waals surface area contributed by atoms with Gasteiger partial charge in [-0.2, -0.15) is 5.26 Å². The van der Waals surface area contributed by atoms with Crippen LogP contribution in [0.25, 0.3) is 0 Å². The molecule has 1 rings (SSSR count). The van der Waals surface area contributed by atoms with Gasteiger partial charge in [-0.3, -0.25) is 4.79 Å². The molecule has 0 aliphatic heterocycles. The summed E-state index contributed by atoms with van der Waals surface area (Å²) >= 11 is 0. The van der Waals surface area contributed by atoms with Crippen LogP contribution in [0.3, 0.4) is 0 Å². The van der Waals surface area contributed by atoms with Crippen molar-refractivity contribution in [1.29, 1.82) is 5.26 Å². The summed E-state index contributed by atoms with van der Waals surface area (Å²) in [5.74, 6) is -0.0621. The largest absolute Gasteiger partial charge is 0.383 e. The van der Waals surface area contributed by atoms with Crippen LogP contribution < -0.4 is 10.6 Å². The van der Waals surface area contributed by atoms with E-state index >= 15 is 0 Å². The molecule has 1 amide bonds. The Balaban J connectivity index is 2.38. The van der Waals surface area contributed by atoms with Crippen molar-refractivity contribution in [2.75, 3.05) is 26.8 Å². The van der Waals surface area contributed by atoms with E-state index in [1.54, 1.807) is 19.2 Å². The molecule has 1 atom stereocenters. The van der Waals surface area contributed by atoms with Crippen molar-refractivity contribution >= 4 is 5.91 Å². The maximum atomic E-state index is 11.6. The van der Waals surface area contributed by atoms with Gasteiger partial charge in [0.1, 0.15) is 0 Å². The van der Waals surface area contributed by atoms with Crippen LogP contribution in [0, 0.1) is 11.3 Å². The second kappa shape index (κ2) is 8.25. The van der Waals surface area contributed by atoms with Crippen LogP contribution in [0.1, 0.15) is 24.1 Å². The average Bonchev–Trinajstić information content (AvgIpc) is 2.43. The lowest BCUT2D eigenvalue weighted by atomic mass is 10.1. The summed E-state index contributed by atoms with van der Waals surface area (Å²) in [5.41, 5.74) is 1.59. The molecule has 0 fully saturated rings. The van der Waals surface area contributed by atoms with E-state index in [0.29, 0.717) is 18.7 Å². The zero-order valence-corrected chi connectivity index (χ0v) is 11.3. The molecule has 0 saturated heterocycles. The number of nitriles is 1. The standard InChI is InChI=1S/C14H19N3O2/c1-11(13-5-3-12(9-15)4-6-13)17-14(18)10-16-7-8-19-2/h3-6,11,16H,7-8,10H2,1-2H3,(H,17,18). The molecule has 0 bridgehead atoms. The number of benzene rings is 1. The second-order valence-electron chi connectivity index (χ2n) is 4.19. The molecule has 5 heteroatoms. The molecule has 0 aliphatic rings. The Morgan fingerprint density at radius 2 is 2.11 bits per heavy atom. The molecule has 1 aromatic carbocycles. The van der Waals surface area contributed by atoms with Crippen molar-refractivity contribution in [2.45, 2.75) is 13.0 Å². The van der Waals surface area contributed by atoms with Crippen LogP contribution in [0.5, 0.6) is 0 Å². The first-order chi connectivity index (χ1) is 9.17. The maximum absolute atomic E-state index is 11.6. The predicted octanol–water partition coefficient (Wildman–Crippen LogP) is 0.971. The lowest BCUT2D eigenvalue weighted by Crippen LogP contribution is -2.36. The Morgan fingerprint density at radius 1 is 1.42 bits per heavy atom. The molecule has 1 aromatic rings. The highest BCUT2D eigenvalue weighted by Gasteiger charge is 2.08. The molecule has 2 N–H and O–H groups in total. The minimum atomic E-state index is -0.0792. The number of ether oxygens (including phenoxy) is 1. The van der Waals surface area contributed by atoms with Crippen LogP contribution in [0.4, 0.5) is 0 Å². The molecule has 0 spiro atoms. The van der Waals surface area contributed by atoms with Gasteiger partial charge in [-0.25, -0.2) is 0 Å². The highest BCUT2D eigenvalue weighted by Crippen LogP contribution is 2.12. The van der Waals surface area contributed by atoms with Gasteiger partial charge < -0.3 is 15.4 Å². The maximum Gasteiger partial charge on any atom is 0.234 e. The lowest BCUT2D eigenvalue weighted by molar-refractivity contribution is -0.120. The van der Waals surface area contributed by atoms with E-state index in [1.165, 1.54) is 0 Å². The van der Waals surface area contributed by atoms with Gasteiger partial charge in [-0.05, 0) is 24.6 Å². The fourth-order valence-electron chi connectivity index (χ4n) is 1.60. The third kappa shape index (κ3) is 5.51. The van der Waals surface area contributed by atoms with Crippen molar-refractivity contribution in [3.8, 4) is 6.07 Å². The third-order valence-corrected chi connectivity index (χ3v) is 2.69. The number of carbonyl (C=O) groups excluding carboxylic acids is 1. The number of nitrogens with zero attached hydrogens (tertiary/aromatic N) is 1. The van der Waals surface area contributed by atoms with Crippen LogP contribution in [-0.4, -0.2) is 32.7 Å². The zero-order chi connectivity index (χ0) is 14.1. The Bertz CT molecular complexity index is 437. The molecule has 0 aliphatic carbocycles. The number of rotatable bonds is 7. The van der Waals surface area contributed by atoms with Gasteiger partial charge in [-0.15, -0.1) is 0 Å². The zero-order valence-electron chi connectivity index (χ0n) is 11.3. The van der Waals surface area contributed by atoms with E-state index in [1.807, 2.05) is 19.1 Å². The Labute approximate surface area is 113 Å². The van der Waals surface area contributed by atoms with Gasteiger partial charge in [0, 0.05) is 13.7 Å². The Morgan fingerprint density at radius 3 is 2.68 bits per heavy atom. The summed E-state index contributed by atoms with van der Waals surface area (Å²) in [6.45, 7) is 3.41. The summed E-state index contributed by atoms with van der Waals surface area (Å²) in [6.07, 6.45) is 0. The first-order valence-corrected chi connectivity index (χ1v) is 6.16. The van der Waals surface area contributed by atoms with Crippen molar-refractivity contribution in [3.63, 3.8) is 0 Å². The van der Waals surface area contributed by atoms with Crippen LogP contribution in [0.2, 0.25) is 0 Å². The first kappa shape index (κ1) is 15.2. The molecule has 1 unspecified atom stereocenters. The van der Waals surface area contributed by atoms with E-state index < -0.39 is 0 Å². The van der Waals surface area contributed by atoms with Gasteiger partial charge in [0.05, 0.1) is 30.8 Å². The molecular formula is C14H19N3O2. The third-order valence-electron chi connectivity index (χ3n) is 2.69. The minimum Gasteiger partial charge on any atom is -0.383 e. The topological polar surface area (TPSA) is 74.2 Å². The van der Waals surface area contributed by atoms with E-state index in [4.69, 9.17) is 10.00 Å². The number of hydrogen-bond donors (Lipinski definition) is 2. The lowest BCUT2D eigenvalue weighted by Gasteiger charge is -2.14. The van der Waals surface area contributed by atoms with Gasteiger partial charge >= 0.3 is 0 Å². The quantitative estimate of drug-likeness (QED) is 0.717. The van der Waals surface area contributed by atoms with E-state index in [9.17, 15) is 4.79 Å². The van der Waals surface area contributed by atoms with E-state index in [0.717, 1.165) is 5.56 Å². The molecule has 5 nitrogen and oxygen atoms in total. The molecule has 0 saturated carbocycles. The summed E-state index contributed by atoms with van der Waals surface area (Å²) in [7, 11) is 1.62. The number of carbonyl (C=O) groups is 1. The van der Waals surface area contributed by atoms with Crippen molar-refractivity contribution in [2.24, 2.45) is 0 Å². The number of methoxy groups -OCH3 is 1. The summed E-state index contributed by atoms with van der Waals surface area (Å²) in [4.78, 5) is 11.6. The van der Waals surface area contributed by atoms with E-state index in [-0.39, 0.29) is 18.5 Å². The van der Waals surface area contributed by atoms with Crippen molar-refractivity contribution in [1.82, 2.24) is 10.6 Å². The van der Waals surface area contributed by atoms with Crippen molar-refractivity contribution in [3.05, 3.63) is 35.4 Å². The smallest absolute Gasteiger partial charge is 0.234 e. The highest BCUT2D eigenvalue weighted by atomic mass is 16.5. The van der Waals surface area contributed by atoms with Gasteiger partial charge in [-0.1, -0.05) is 12.1 Å². The number of nitrogens with one attached hydrogen (secondary N) is 2. The van der Waals surface area contributed by atoms with Crippen molar-refractivity contribution < 1.29 is 9.53 Å². The van der Waals surface area contributed by atoms with Gasteiger partial charge in [0.15, 0.2) is 0 Å². The molecule has 19 heavy (non-hydrogen) atoms. The summed E-state index contributed by atoms with van der Waals surface area (Å²) in [6, 6.07) is 9.17. The van der Waals surface area contributed by atoms with Crippen LogP contribution >= 0.6 is 0 Å². The molecular weight excluding hydrogens is 242 g/mol. The van der Waals surface area contributed by atoms with Gasteiger partial charge in [0.2, 0.25) is 5.91 Å². The Hall–Kier alpha value is -1.90. The first-order valence-electron chi connectivity index (χ1n) is 6.16. The van der Waals surface area contributed by atoms with E-state index in [2.05, 4.69) is 16.7 Å². The average molecular weight is 261 g/mol. The second-order valence-corrected chi connectivity index (χ2v) is 4.19. The minimum absolute atomic E-state index is 0.0621. The molecule has 0 aromatic heterocycles. The molecule has 0 heterocycles. The monoisotopic (exact) mass is 261 g/mol. The predicted molar refractivity (Wildman–Crippen MR) is 72.5 cm³/mol. The Kier molecular flexibility index (Phi) is 6.58. The molecule has 102 valence electrons. The van der Waals surface area contributed by atoms with Gasteiger partial charge in [0.25, 0.3) is 0 Å². The fourth-order valence-corrected chi connectivity index (χ4v) is 1.60. The number of amides is 1. The summed E-state index contributed by atoms with van der Waals surface area (Å²) in [5, 5.41) is 14.6. The summed E-state index contributed by atoms with van der Waals surface area (Å²) < 4.78 is 4.88. The SMILES string of the molecule is COCCNCC(=O)NC(C)c1ccc(C#N)cc1.